The number of amides is 1. The first-order valence-electron chi connectivity index (χ1n) is 7.83. The van der Waals surface area contributed by atoms with Gasteiger partial charge in [-0.15, -0.1) is 0 Å². The average molecular weight is 387 g/mol. The van der Waals surface area contributed by atoms with E-state index in [0.29, 0.717) is 11.3 Å². The molecule has 0 aromatic rings. The summed E-state index contributed by atoms with van der Waals surface area (Å²) in [7, 11) is 1.49. The third-order valence-electron chi connectivity index (χ3n) is 2.75. The number of hydrogen-bond donors (Lipinski definition) is 1. The third-order valence-corrected chi connectivity index (χ3v) is 3.35. The molecule has 0 radical (unpaired) electrons. The van der Waals surface area contributed by atoms with E-state index in [4.69, 9.17) is 18.4 Å². The van der Waals surface area contributed by atoms with Crippen LogP contribution in [0.1, 0.15) is 13.3 Å². The minimum atomic E-state index is -1.17. The van der Waals surface area contributed by atoms with Crippen molar-refractivity contribution in [1.82, 2.24) is 5.32 Å². The molecular formula is C17H25NO7S. The van der Waals surface area contributed by atoms with Gasteiger partial charge in [-0.2, -0.15) is 0 Å². The quantitative estimate of drug-likeness (QED) is 0.169. The molecule has 1 amide bonds. The number of carbonyl (C=O) groups excluding carboxylic acids is 3. The molecule has 0 rings (SSSR count). The number of rotatable bonds is 13. The minimum Gasteiger partial charge on any atom is -0.464 e. The van der Waals surface area contributed by atoms with Crippen molar-refractivity contribution in [3.05, 3.63) is 37.0 Å². The van der Waals surface area contributed by atoms with Gasteiger partial charge in [0.1, 0.15) is 13.2 Å². The van der Waals surface area contributed by atoms with Crippen LogP contribution in [0.25, 0.3) is 0 Å². The Kier molecular flexibility index (Phi) is 13.7. The number of carbonyl (C=O) groups is 3. The zero-order valence-electron chi connectivity index (χ0n) is 15.0. The first-order chi connectivity index (χ1) is 12.5. The molecule has 0 aliphatic carbocycles. The Morgan fingerprint density at radius 3 is 2.50 bits per heavy atom. The summed E-state index contributed by atoms with van der Waals surface area (Å²) in [4.78, 5) is 35.4. The van der Waals surface area contributed by atoms with Gasteiger partial charge < -0.3 is 23.7 Å². The van der Waals surface area contributed by atoms with Crippen LogP contribution in [-0.4, -0.2) is 56.8 Å². The lowest BCUT2D eigenvalue weighted by molar-refractivity contribution is -0.151. The Morgan fingerprint density at radius 2 is 1.92 bits per heavy atom. The highest BCUT2D eigenvalue weighted by molar-refractivity contribution is 7.94. The van der Waals surface area contributed by atoms with E-state index >= 15 is 0 Å². The summed E-state index contributed by atoms with van der Waals surface area (Å²) in [6, 6.07) is -1.17. The molecule has 9 heteroatoms. The van der Waals surface area contributed by atoms with Gasteiger partial charge in [0.15, 0.2) is 6.04 Å². The Balaban J connectivity index is 4.58. The Bertz CT molecular complexity index is 519. The van der Waals surface area contributed by atoms with Crippen LogP contribution in [0.2, 0.25) is 0 Å². The fourth-order valence-corrected chi connectivity index (χ4v) is 1.94. The molecule has 1 unspecified atom stereocenters. The molecule has 8 nitrogen and oxygen atoms in total. The van der Waals surface area contributed by atoms with Crippen LogP contribution >= 0.6 is 12.0 Å². The maximum Gasteiger partial charge on any atom is 0.408 e. The van der Waals surface area contributed by atoms with Crippen molar-refractivity contribution in [2.75, 3.05) is 32.7 Å². The van der Waals surface area contributed by atoms with Gasteiger partial charge in [0, 0.05) is 5.75 Å². The maximum atomic E-state index is 11.9. The molecule has 0 aromatic carbocycles. The second-order valence-corrected chi connectivity index (χ2v) is 5.61. The van der Waals surface area contributed by atoms with Crippen molar-refractivity contribution in [3.8, 4) is 0 Å². The number of allylic oxidation sites excluding steroid dienone is 2. The normalized spacial score (nSPS) is 11.8. The summed E-state index contributed by atoms with van der Waals surface area (Å²) in [5, 5.41) is 2.32. The molecule has 0 aliphatic rings. The van der Waals surface area contributed by atoms with Crippen molar-refractivity contribution in [2.24, 2.45) is 0 Å². The highest BCUT2D eigenvalue weighted by Crippen LogP contribution is 2.04. The van der Waals surface area contributed by atoms with E-state index in [1.807, 2.05) is 0 Å². The van der Waals surface area contributed by atoms with Gasteiger partial charge in [0.2, 0.25) is 0 Å². The molecule has 26 heavy (non-hydrogen) atoms. The molecule has 1 atom stereocenters. The largest absolute Gasteiger partial charge is 0.464 e. The molecule has 0 aromatic heterocycles. The third kappa shape index (κ3) is 11.3. The van der Waals surface area contributed by atoms with Gasteiger partial charge in [-0.3, -0.25) is 4.79 Å². The fourth-order valence-electron chi connectivity index (χ4n) is 1.53. The summed E-state index contributed by atoms with van der Waals surface area (Å²) in [6.45, 7) is 8.45. The van der Waals surface area contributed by atoms with Gasteiger partial charge >= 0.3 is 18.0 Å². The van der Waals surface area contributed by atoms with E-state index in [1.54, 1.807) is 13.0 Å². The first kappa shape index (κ1) is 23.7. The van der Waals surface area contributed by atoms with Crippen LogP contribution in [0.4, 0.5) is 4.79 Å². The summed E-state index contributed by atoms with van der Waals surface area (Å²) in [5.74, 6) is -0.842. The molecule has 0 saturated carbocycles. The predicted octanol–water partition coefficient (Wildman–Crippen LogP) is 2.17. The Hall–Kier alpha value is -2.26. The molecule has 0 saturated heterocycles. The Labute approximate surface area is 157 Å². The van der Waals surface area contributed by atoms with E-state index in [9.17, 15) is 14.4 Å². The van der Waals surface area contributed by atoms with Crippen LogP contribution in [0.15, 0.2) is 37.0 Å². The number of hydrogen-bond acceptors (Lipinski definition) is 8. The van der Waals surface area contributed by atoms with E-state index in [2.05, 4.69) is 18.5 Å². The van der Waals surface area contributed by atoms with Crippen molar-refractivity contribution >= 4 is 30.1 Å². The average Bonchev–Trinajstić information content (AvgIpc) is 2.62. The van der Waals surface area contributed by atoms with Crippen LogP contribution < -0.4 is 5.32 Å². The topological polar surface area (TPSA) is 100 Å². The lowest BCUT2D eigenvalue weighted by Gasteiger charge is -2.17. The number of alkyl carbamates (subject to hydrolysis) is 1. The Morgan fingerprint density at radius 1 is 1.19 bits per heavy atom. The summed E-state index contributed by atoms with van der Waals surface area (Å²) < 4.78 is 19.6. The van der Waals surface area contributed by atoms with Gasteiger partial charge in [0.05, 0.1) is 20.1 Å². The predicted molar refractivity (Wildman–Crippen MR) is 98.4 cm³/mol. The molecule has 0 heterocycles. The molecule has 0 bridgehead atoms. The van der Waals surface area contributed by atoms with E-state index in [0.717, 1.165) is 12.0 Å². The highest BCUT2D eigenvalue weighted by Gasteiger charge is 2.24. The molecule has 0 fully saturated rings. The number of nitrogens with one attached hydrogen (secondary N) is 1. The molecule has 0 spiro atoms. The first-order valence-corrected chi connectivity index (χ1v) is 8.74. The van der Waals surface area contributed by atoms with Gasteiger partial charge in [-0.25, -0.2) is 9.59 Å². The standard InChI is InChI=1S/C17H25NO7S/c1-5-8-13(6-2)11-25-17(21)18-14(16(20)23-7-3)12-24-15(19)9-10-26-22-4/h5-6,8,14H,1-2,7,9-12H2,3-4H3,(H,18,21)/b13-8+. The summed E-state index contributed by atoms with van der Waals surface area (Å²) >= 11 is 1.11. The van der Waals surface area contributed by atoms with Crippen LogP contribution in [0.5, 0.6) is 0 Å². The highest BCUT2D eigenvalue weighted by atomic mass is 32.2. The summed E-state index contributed by atoms with van der Waals surface area (Å²) in [6.07, 6.45) is 3.92. The monoisotopic (exact) mass is 387 g/mol. The van der Waals surface area contributed by atoms with Gasteiger partial charge in [0.25, 0.3) is 0 Å². The van der Waals surface area contributed by atoms with Crippen LogP contribution in [0, 0.1) is 0 Å². The van der Waals surface area contributed by atoms with E-state index in [-0.39, 0.29) is 26.2 Å². The van der Waals surface area contributed by atoms with Crippen LogP contribution in [0.3, 0.4) is 0 Å². The van der Waals surface area contributed by atoms with Crippen molar-refractivity contribution in [1.29, 1.82) is 0 Å². The molecular weight excluding hydrogens is 362 g/mol. The van der Waals surface area contributed by atoms with Gasteiger partial charge in [-0.1, -0.05) is 31.4 Å². The number of esters is 2. The molecule has 146 valence electrons. The smallest absolute Gasteiger partial charge is 0.408 e. The molecule has 0 aliphatic heterocycles. The maximum absolute atomic E-state index is 11.9. The lowest BCUT2D eigenvalue weighted by atomic mass is 10.2. The van der Waals surface area contributed by atoms with Gasteiger partial charge in [-0.05, 0) is 24.5 Å². The van der Waals surface area contributed by atoms with E-state index < -0.39 is 24.1 Å². The SMILES string of the molecule is C=C/C=C(\C=C)COC(=O)NC(COC(=O)CCSOC)C(=O)OCC. The van der Waals surface area contributed by atoms with Crippen molar-refractivity contribution in [3.63, 3.8) is 0 Å². The fraction of sp³-hybridized carbons (Fsp3) is 0.471. The van der Waals surface area contributed by atoms with E-state index in [1.165, 1.54) is 19.3 Å². The number of ether oxygens (including phenoxy) is 3. The zero-order chi connectivity index (χ0) is 19.8. The second-order valence-electron chi connectivity index (χ2n) is 4.63. The van der Waals surface area contributed by atoms with Crippen LogP contribution in [-0.2, 0) is 28.0 Å². The molecule has 1 N–H and O–H groups in total. The lowest BCUT2D eigenvalue weighted by Crippen LogP contribution is -2.45. The minimum absolute atomic E-state index is 0.0507. The summed E-state index contributed by atoms with van der Waals surface area (Å²) in [5.41, 5.74) is 0.630. The van der Waals surface area contributed by atoms with Crippen molar-refractivity contribution in [2.45, 2.75) is 19.4 Å². The zero-order valence-corrected chi connectivity index (χ0v) is 15.8. The second kappa shape index (κ2) is 15.0. The van der Waals surface area contributed by atoms with Crippen molar-refractivity contribution < 1.29 is 32.8 Å².